The van der Waals surface area contributed by atoms with E-state index in [1.165, 1.54) is 15.4 Å². The molecule has 6 heteroatoms. The maximum absolute atomic E-state index is 13.9. The Morgan fingerprint density at radius 3 is 1.30 bits per heavy atom. The molecule has 2 heterocycles. The van der Waals surface area contributed by atoms with Gasteiger partial charge in [-0.05, 0) is 93.7 Å². The highest BCUT2D eigenvalue weighted by molar-refractivity contribution is 6.41. The van der Waals surface area contributed by atoms with E-state index in [4.69, 9.17) is 0 Å². The number of nitrogens with zero attached hydrogens (tertiary/aromatic N) is 2. The maximum Gasteiger partial charge on any atom is 0.261 e. The van der Waals surface area contributed by atoms with Crippen LogP contribution in [0.15, 0.2) is 78.9 Å². The van der Waals surface area contributed by atoms with Crippen molar-refractivity contribution in [2.75, 3.05) is 13.1 Å². The highest BCUT2D eigenvalue weighted by atomic mass is 16.2. The van der Waals surface area contributed by atoms with E-state index in [9.17, 15) is 19.2 Å². The summed E-state index contributed by atoms with van der Waals surface area (Å²) in [6.07, 6.45) is 4.26. The Labute approximate surface area is 266 Å². The van der Waals surface area contributed by atoms with Gasteiger partial charge in [-0.3, -0.25) is 29.0 Å². The number of imide groups is 2. The van der Waals surface area contributed by atoms with Crippen molar-refractivity contribution in [2.45, 2.75) is 51.9 Å². The van der Waals surface area contributed by atoms with E-state index in [1.54, 1.807) is 0 Å². The number of rotatable bonds is 9. The first-order valence-corrected chi connectivity index (χ1v) is 16.4. The van der Waals surface area contributed by atoms with E-state index >= 15 is 0 Å². The summed E-state index contributed by atoms with van der Waals surface area (Å²) in [5, 5.41) is 6.75. The van der Waals surface area contributed by atoms with Crippen LogP contribution in [0.4, 0.5) is 0 Å². The summed E-state index contributed by atoms with van der Waals surface area (Å²) >= 11 is 0. The average molecular weight is 607 g/mol. The van der Waals surface area contributed by atoms with E-state index in [1.807, 2.05) is 61.5 Å². The molecule has 0 fully saturated rings. The van der Waals surface area contributed by atoms with Gasteiger partial charge in [-0.2, -0.15) is 0 Å². The lowest BCUT2D eigenvalue weighted by atomic mass is 9.82. The molecular weight excluding hydrogens is 572 g/mol. The number of benzene rings is 6. The Morgan fingerprint density at radius 1 is 0.500 bits per heavy atom. The van der Waals surface area contributed by atoms with Crippen LogP contribution in [0.5, 0.6) is 0 Å². The Morgan fingerprint density at radius 2 is 0.913 bits per heavy atom. The van der Waals surface area contributed by atoms with Crippen molar-refractivity contribution in [2.24, 2.45) is 0 Å². The van der Waals surface area contributed by atoms with Crippen LogP contribution in [0.3, 0.4) is 0 Å². The van der Waals surface area contributed by atoms with Gasteiger partial charge in [0.15, 0.2) is 0 Å². The van der Waals surface area contributed by atoms with Crippen molar-refractivity contribution in [1.29, 1.82) is 0 Å². The van der Waals surface area contributed by atoms with E-state index in [2.05, 4.69) is 31.2 Å². The molecule has 0 saturated carbocycles. The summed E-state index contributed by atoms with van der Waals surface area (Å²) in [4.78, 5) is 57.8. The normalized spacial score (nSPS) is 15.3. The molecule has 4 amide bonds. The number of unbranched alkanes of at least 4 members (excludes halogenated alkanes) is 1. The molecular formula is C40H34N2O4. The Balaban J connectivity index is 1.22. The lowest BCUT2D eigenvalue weighted by Crippen LogP contribution is -2.41. The monoisotopic (exact) mass is 606 g/mol. The molecule has 6 nitrogen and oxygen atoms in total. The fourth-order valence-corrected chi connectivity index (χ4v) is 7.92. The topological polar surface area (TPSA) is 74.8 Å². The molecule has 228 valence electrons. The molecule has 0 saturated heterocycles. The van der Waals surface area contributed by atoms with Crippen molar-refractivity contribution in [3.05, 3.63) is 107 Å². The summed E-state index contributed by atoms with van der Waals surface area (Å²) in [5.41, 5.74) is 3.44. The quantitative estimate of drug-likeness (QED) is 0.0937. The van der Waals surface area contributed by atoms with Gasteiger partial charge in [0.2, 0.25) is 0 Å². The van der Waals surface area contributed by atoms with Crippen LogP contribution < -0.4 is 0 Å². The molecule has 0 bridgehead atoms. The van der Waals surface area contributed by atoms with Crippen molar-refractivity contribution < 1.29 is 19.2 Å². The predicted octanol–water partition coefficient (Wildman–Crippen LogP) is 8.70. The van der Waals surface area contributed by atoms with Crippen LogP contribution in [0.2, 0.25) is 0 Å². The van der Waals surface area contributed by atoms with E-state index in [0.29, 0.717) is 52.0 Å². The minimum atomic E-state index is -0.256. The van der Waals surface area contributed by atoms with Crippen LogP contribution in [-0.2, 0) is 0 Å². The Hall–Kier alpha value is -5.10. The molecule has 2 aliphatic heterocycles. The first-order chi connectivity index (χ1) is 22.4. The fraction of sp³-hybridized carbons (Fsp3) is 0.250. The number of hydrogen-bond acceptors (Lipinski definition) is 4. The third kappa shape index (κ3) is 3.95. The molecule has 6 aromatic carbocycles. The highest BCUT2D eigenvalue weighted by Gasteiger charge is 2.36. The second kappa shape index (κ2) is 10.8. The SMILES string of the molecule is CCCCN1C(=O)c2ccc3c4ccc5c6c(ccc(c7ccc(c2c37)C1=O)c64)C(=O)N(CCCC(CC)c1ccccc1)C5=O. The molecule has 1 atom stereocenters. The zero-order valence-electron chi connectivity index (χ0n) is 26.1. The van der Waals surface area contributed by atoms with Crippen molar-refractivity contribution in [3.8, 4) is 0 Å². The number of fused-ring (bicyclic) bond motifs is 2. The molecule has 8 rings (SSSR count). The first kappa shape index (κ1) is 28.4. The molecule has 46 heavy (non-hydrogen) atoms. The molecule has 2 aliphatic rings. The largest absolute Gasteiger partial charge is 0.274 e. The van der Waals surface area contributed by atoms with Crippen LogP contribution in [0.1, 0.15) is 98.9 Å². The van der Waals surface area contributed by atoms with E-state index < -0.39 is 0 Å². The lowest BCUT2D eigenvalue weighted by molar-refractivity contribution is 0.0592. The van der Waals surface area contributed by atoms with Gasteiger partial charge < -0.3 is 0 Å². The van der Waals surface area contributed by atoms with Crippen molar-refractivity contribution in [1.82, 2.24) is 9.80 Å². The summed E-state index contributed by atoms with van der Waals surface area (Å²) in [5.74, 6) is -0.641. The number of carbonyl (C=O) groups excluding carboxylic acids is 4. The van der Waals surface area contributed by atoms with Crippen molar-refractivity contribution in [3.63, 3.8) is 0 Å². The van der Waals surface area contributed by atoms with Gasteiger partial charge in [0.05, 0.1) is 0 Å². The van der Waals surface area contributed by atoms with Gasteiger partial charge >= 0.3 is 0 Å². The lowest BCUT2D eigenvalue weighted by Gasteiger charge is -2.30. The summed E-state index contributed by atoms with van der Waals surface area (Å²) in [6, 6.07) is 25.6. The van der Waals surface area contributed by atoms with Gasteiger partial charge in [-0.15, -0.1) is 0 Å². The molecule has 0 radical (unpaired) electrons. The fourth-order valence-electron chi connectivity index (χ4n) is 7.92. The Kier molecular flexibility index (Phi) is 6.64. The van der Waals surface area contributed by atoms with E-state index in [-0.39, 0.29) is 23.6 Å². The summed E-state index contributed by atoms with van der Waals surface area (Å²) < 4.78 is 0. The van der Waals surface area contributed by atoms with Crippen molar-refractivity contribution >= 4 is 66.7 Å². The molecule has 0 spiro atoms. The minimum Gasteiger partial charge on any atom is -0.274 e. The minimum absolute atomic E-state index is 0.254. The zero-order chi connectivity index (χ0) is 31.7. The van der Waals surface area contributed by atoms with Gasteiger partial charge in [0.1, 0.15) is 0 Å². The predicted molar refractivity (Wildman–Crippen MR) is 182 cm³/mol. The molecule has 0 aromatic heterocycles. The standard InChI is InChI=1S/C40H34N2O4/c1-3-5-21-41-37(43)29-17-13-25-27-15-19-31-36-32(20-16-28(34(27)36)26-14-18-30(38(41)44)35(29)33(25)26)40(46)42(39(31)45)22-9-12-23(4-2)24-10-7-6-8-11-24/h6-8,10-11,13-20,23H,3-5,9,12,21-22H2,1-2H3. The molecule has 6 aromatic rings. The number of carbonyl (C=O) groups is 4. The first-order valence-electron chi connectivity index (χ1n) is 16.4. The van der Waals surface area contributed by atoms with Gasteiger partial charge in [-0.1, -0.05) is 74.9 Å². The molecule has 0 aliphatic carbocycles. The van der Waals surface area contributed by atoms with E-state index in [0.717, 1.165) is 64.4 Å². The third-order valence-corrected chi connectivity index (χ3v) is 10.2. The molecule has 0 N–H and O–H groups in total. The van der Waals surface area contributed by atoms with Crippen LogP contribution in [-0.4, -0.2) is 46.5 Å². The van der Waals surface area contributed by atoms with Crippen LogP contribution >= 0.6 is 0 Å². The van der Waals surface area contributed by atoms with Crippen LogP contribution in [0, 0.1) is 0 Å². The van der Waals surface area contributed by atoms with Gasteiger partial charge in [0.25, 0.3) is 23.6 Å². The second-order valence-corrected chi connectivity index (χ2v) is 12.7. The third-order valence-electron chi connectivity index (χ3n) is 10.2. The van der Waals surface area contributed by atoms with Gasteiger partial charge in [-0.25, -0.2) is 0 Å². The zero-order valence-corrected chi connectivity index (χ0v) is 26.1. The Bertz CT molecular complexity index is 2130. The summed E-state index contributed by atoms with van der Waals surface area (Å²) in [6.45, 7) is 4.99. The highest BCUT2D eigenvalue weighted by Crippen LogP contribution is 2.46. The molecule has 1 unspecified atom stereocenters. The number of amides is 4. The van der Waals surface area contributed by atoms with Crippen LogP contribution in [0.25, 0.3) is 43.1 Å². The maximum atomic E-state index is 13.9. The second-order valence-electron chi connectivity index (χ2n) is 12.7. The van der Waals surface area contributed by atoms with Gasteiger partial charge in [0, 0.05) is 46.1 Å². The smallest absolute Gasteiger partial charge is 0.261 e. The number of hydrogen-bond donors (Lipinski definition) is 0. The average Bonchev–Trinajstić information content (AvgIpc) is 3.09. The summed E-state index contributed by atoms with van der Waals surface area (Å²) in [7, 11) is 0.